The van der Waals surface area contributed by atoms with Gasteiger partial charge in [-0.1, -0.05) is 20.8 Å². The third kappa shape index (κ3) is 4.73. The Hall–Kier alpha value is -0.120. The van der Waals surface area contributed by atoms with Crippen LogP contribution < -0.4 is 10.9 Å². The van der Waals surface area contributed by atoms with E-state index in [-0.39, 0.29) is 0 Å². The van der Waals surface area contributed by atoms with Gasteiger partial charge in [0.2, 0.25) is 0 Å². The lowest BCUT2D eigenvalue weighted by atomic mass is 10.5. The fourth-order valence-electron chi connectivity index (χ4n) is 0.819. The standard InChI is InChI=1S/C7H19N3/c1-4-7-10(8-5-2)9-6-3/h8-9H,4-7H2,1-3H3. The van der Waals surface area contributed by atoms with E-state index in [0.717, 1.165) is 19.6 Å². The third-order valence-corrected chi connectivity index (χ3v) is 1.15. The van der Waals surface area contributed by atoms with Gasteiger partial charge in [-0.2, -0.15) is 5.12 Å². The van der Waals surface area contributed by atoms with Crippen molar-refractivity contribution in [2.45, 2.75) is 27.2 Å². The quantitative estimate of drug-likeness (QED) is 0.540. The smallest absolute Gasteiger partial charge is 0.0285 e. The van der Waals surface area contributed by atoms with E-state index in [9.17, 15) is 0 Å². The highest BCUT2D eigenvalue weighted by molar-refractivity contribution is 4.41. The van der Waals surface area contributed by atoms with E-state index in [1.54, 1.807) is 0 Å². The third-order valence-electron chi connectivity index (χ3n) is 1.15. The molecule has 0 rings (SSSR count). The Kier molecular flexibility index (Phi) is 6.91. The van der Waals surface area contributed by atoms with E-state index in [2.05, 4.69) is 31.6 Å². The van der Waals surface area contributed by atoms with Gasteiger partial charge in [-0.25, -0.2) is 10.9 Å². The summed E-state index contributed by atoms with van der Waals surface area (Å²) in [5, 5.41) is 2.04. The number of hydrazine groups is 2. The van der Waals surface area contributed by atoms with Gasteiger partial charge in [0, 0.05) is 19.6 Å². The van der Waals surface area contributed by atoms with Crippen LogP contribution in [0.15, 0.2) is 0 Å². The topological polar surface area (TPSA) is 27.3 Å². The van der Waals surface area contributed by atoms with Crippen LogP contribution in [-0.4, -0.2) is 24.8 Å². The molecule has 0 radical (unpaired) electrons. The zero-order valence-electron chi connectivity index (χ0n) is 7.28. The minimum atomic E-state index is 0.979. The molecule has 0 spiro atoms. The lowest BCUT2D eigenvalue weighted by Gasteiger charge is -2.21. The molecule has 0 unspecified atom stereocenters. The van der Waals surface area contributed by atoms with Crippen LogP contribution in [0.4, 0.5) is 0 Å². The summed E-state index contributed by atoms with van der Waals surface area (Å²) in [5.74, 6) is 0. The van der Waals surface area contributed by atoms with Crippen molar-refractivity contribution in [3.8, 4) is 0 Å². The van der Waals surface area contributed by atoms with Crippen LogP contribution in [0, 0.1) is 0 Å². The second-order valence-corrected chi connectivity index (χ2v) is 2.17. The number of rotatable bonds is 6. The van der Waals surface area contributed by atoms with Gasteiger partial charge in [0.25, 0.3) is 0 Å². The summed E-state index contributed by atoms with van der Waals surface area (Å²) < 4.78 is 0. The predicted molar refractivity (Wildman–Crippen MR) is 44.4 cm³/mol. The lowest BCUT2D eigenvalue weighted by molar-refractivity contribution is 0.121. The summed E-state index contributed by atoms with van der Waals surface area (Å²) in [6.07, 6.45) is 1.17. The molecule has 3 heteroatoms. The Labute approximate surface area is 63.7 Å². The monoisotopic (exact) mass is 145 g/mol. The summed E-state index contributed by atoms with van der Waals surface area (Å²) in [7, 11) is 0. The minimum Gasteiger partial charge on any atom is -0.242 e. The molecular formula is C7H19N3. The van der Waals surface area contributed by atoms with Gasteiger partial charge in [0.1, 0.15) is 0 Å². The Morgan fingerprint density at radius 3 is 1.80 bits per heavy atom. The van der Waals surface area contributed by atoms with Gasteiger partial charge >= 0.3 is 0 Å². The van der Waals surface area contributed by atoms with E-state index >= 15 is 0 Å². The molecule has 0 aromatic carbocycles. The first kappa shape index (κ1) is 9.88. The molecule has 10 heavy (non-hydrogen) atoms. The van der Waals surface area contributed by atoms with Gasteiger partial charge in [-0.05, 0) is 6.42 Å². The first-order valence-corrected chi connectivity index (χ1v) is 4.09. The second-order valence-electron chi connectivity index (χ2n) is 2.17. The summed E-state index contributed by atoms with van der Waals surface area (Å²) >= 11 is 0. The minimum absolute atomic E-state index is 0.979. The molecule has 0 aliphatic rings. The summed E-state index contributed by atoms with van der Waals surface area (Å²) in [5.41, 5.74) is 6.41. The molecule has 0 aromatic heterocycles. The number of nitrogens with one attached hydrogen (secondary N) is 2. The van der Waals surface area contributed by atoms with Crippen molar-refractivity contribution in [2.75, 3.05) is 19.6 Å². The maximum atomic E-state index is 3.21. The summed E-state index contributed by atoms with van der Waals surface area (Å²) in [4.78, 5) is 0. The molecule has 0 saturated heterocycles. The van der Waals surface area contributed by atoms with Crippen LogP contribution in [0.2, 0.25) is 0 Å². The largest absolute Gasteiger partial charge is 0.242 e. The Morgan fingerprint density at radius 1 is 1.00 bits per heavy atom. The fraction of sp³-hybridized carbons (Fsp3) is 1.00. The van der Waals surface area contributed by atoms with Gasteiger partial charge in [0.15, 0.2) is 0 Å². The average molecular weight is 145 g/mol. The van der Waals surface area contributed by atoms with Crippen molar-refractivity contribution >= 4 is 0 Å². The molecule has 0 aliphatic carbocycles. The fourth-order valence-corrected chi connectivity index (χ4v) is 0.819. The Balaban J connectivity index is 3.30. The van der Waals surface area contributed by atoms with Crippen LogP contribution in [-0.2, 0) is 0 Å². The maximum Gasteiger partial charge on any atom is 0.0285 e. The Morgan fingerprint density at radius 2 is 1.50 bits per heavy atom. The van der Waals surface area contributed by atoms with E-state index in [1.807, 2.05) is 5.12 Å². The van der Waals surface area contributed by atoms with Crippen LogP contribution in [0.5, 0.6) is 0 Å². The van der Waals surface area contributed by atoms with Crippen molar-refractivity contribution in [3.63, 3.8) is 0 Å². The van der Waals surface area contributed by atoms with Crippen LogP contribution in [0.1, 0.15) is 27.2 Å². The second kappa shape index (κ2) is 6.99. The van der Waals surface area contributed by atoms with Crippen molar-refractivity contribution in [2.24, 2.45) is 0 Å². The molecule has 2 N–H and O–H groups in total. The molecule has 0 aliphatic heterocycles. The summed E-state index contributed by atoms with van der Waals surface area (Å²) in [6, 6.07) is 0. The zero-order chi connectivity index (χ0) is 7.82. The Bertz CT molecular complexity index is 51.6. The molecule has 0 amide bonds. The van der Waals surface area contributed by atoms with E-state index in [1.165, 1.54) is 6.42 Å². The van der Waals surface area contributed by atoms with Crippen molar-refractivity contribution < 1.29 is 0 Å². The number of nitrogens with zero attached hydrogens (tertiary/aromatic N) is 1. The molecule has 0 atom stereocenters. The molecule has 62 valence electrons. The lowest BCUT2D eigenvalue weighted by Crippen LogP contribution is -2.48. The highest BCUT2D eigenvalue weighted by Crippen LogP contribution is 1.79. The molecule has 0 aromatic rings. The normalized spacial score (nSPS) is 10.8. The maximum absolute atomic E-state index is 3.21. The SMILES string of the molecule is CCCN(NCC)NCC. The van der Waals surface area contributed by atoms with Crippen molar-refractivity contribution in [1.29, 1.82) is 0 Å². The van der Waals surface area contributed by atoms with Crippen LogP contribution in [0.25, 0.3) is 0 Å². The predicted octanol–water partition coefficient (Wildman–Crippen LogP) is 0.747. The van der Waals surface area contributed by atoms with Crippen LogP contribution in [0.3, 0.4) is 0 Å². The first-order chi connectivity index (χ1) is 4.85. The van der Waals surface area contributed by atoms with Crippen LogP contribution >= 0.6 is 0 Å². The molecule has 0 fully saturated rings. The van der Waals surface area contributed by atoms with Gasteiger partial charge in [-0.15, -0.1) is 0 Å². The van der Waals surface area contributed by atoms with Gasteiger partial charge < -0.3 is 0 Å². The van der Waals surface area contributed by atoms with E-state index in [4.69, 9.17) is 0 Å². The first-order valence-electron chi connectivity index (χ1n) is 4.09. The highest BCUT2D eigenvalue weighted by atomic mass is 15.7. The van der Waals surface area contributed by atoms with Gasteiger partial charge in [0.05, 0.1) is 0 Å². The summed E-state index contributed by atoms with van der Waals surface area (Å²) in [6.45, 7) is 9.38. The van der Waals surface area contributed by atoms with E-state index in [0.29, 0.717) is 0 Å². The average Bonchev–Trinajstić information content (AvgIpc) is 1.90. The van der Waals surface area contributed by atoms with E-state index < -0.39 is 0 Å². The molecule has 0 heterocycles. The van der Waals surface area contributed by atoms with Gasteiger partial charge in [-0.3, -0.25) is 0 Å². The number of hydrogen-bond acceptors (Lipinski definition) is 3. The van der Waals surface area contributed by atoms with Crippen molar-refractivity contribution in [3.05, 3.63) is 0 Å². The number of hydrogen-bond donors (Lipinski definition) is 2. The zero-order valence-corrected chi connectivity index (χ0v) is 7.28. The van der Waals surface area contributed by atoms with Crippen molar-refractivity contribution in [1.82, 2.24) is 16.0 Å². The molecular weight excluding hydrogens is 126 g/mol. The highest BCUT2D eigenvalue weighted by Gasteiger charge is 1.96. The molecule has 0 saturated carbocycles. The molecule has 0 bridgehead atoms. The molecule has 3 nitrogen and oxygen atoms in total.